The number of aromatic nitrogens is 1. The van der Waals surface area contributed by atoms with E-state index < -0.39 is 16.6 Å². The van der Waals surface area contributed by atoms with Crippen LogP contribution in [0.4, 0.5) is 11.5 Å². The number of hydrogen-bond acceptors (Lipinski definition) is 5. The molecule has 0 bridgehead atoms. The summed E-state index contributed by atoms with van der Waals surface area (Å²) in [6.45, 7) is 6.88. The molecule has 0 fully saturated rings. The highest BCUT2D eigenvalue weighted by atomic mass is 16.6. The van der Waals surface area contributed by atoms with Crippen molar-refractivity contribution in [1.29, 1.82) is 0 Å². The molecule has 0 saturated heterocycles. The molecule has 0 aromatic carbocycles. The maximum absolute atomic E-state index is 10.8. The third-order valence-electron chi connectivity index (χ3n) is 2.77. The molecule has 0 saturated carbocycles. The zero-order chi connectivity index (χ0) is 13.2. The summed E-state index contributed by atoms with van der Waals surface area (Å²) in [4.78, 5) is 14.4. The molecule has 0 aliphatic heterocycles. The largest absolute Gasteiger partial charge is 0.391 e. The van der Waals surface area contributed by atoms with Crippen molar-refractivity contribution in [2.45, 2.75) is 39.3 Å². The Morgan fingerprint density at radius 2 is 2.18 bits per heavy atom. The van der Waals surface area contributed by atoms with E-state index in [1.54, 1.807) is 27.7 Å². The summed E-state index contributed by atoms with van der Waals surface area (Å²) in [6.07, 6.45) is 0.836. The topological polar surface area (TPSA) is 88.3 Å². The molecule has 1 unspecified atom stereocenters. The summed E-state index contributed by atoms with van der Waals surface area (Å²) in [7, 11) is 0. The number of hydrogen-bond donors (Lipinski definition) is 2. The van der Waals surface area contributed by atoms with Crippen LogP contribution >= 0.6 is 0 Å². The minimum absolute atomic E-state index is 0.0175. The number of anilines is 1. The van der Waals surface area contributed by atoms with Crippen LogP contribution in [0.5, 0.6) is 0 Å². The Labute approximate surface area is 99.8 Å². The van der Waals surface area contributed by atoms with E-state index >= 15 is 0 Å². The first-order valence-corrected chi connectivity index (χ1v) is 5.31. The lowest BCUT2D eigenvalue weighted by molar-refractivity contribution is -0.385. The molecular formula is C11H17N3O3. The van der Waals surface area contributed by atoms with Gasteiger partial charge in [-0.15, -0.1) is 0 Å². The fourth-order valence-corrected chi connectivity index (χ4v) is 1.21. The van der Waals surface area contributed by atoms with Gasteiger partial charge in [-0.25, -0.2) is 4.98 Å². The van der Waals surface area contributed by atoms with Crippen molar-refractivity contribution >= 4 is 11.5 Å². The predicted octanol–water partition coefficient (Wildman–Crippen LogP) is 1.87. The first kappa shape index (κ1) is 13.4. The minimum atomic E-state index is -0.607. The third kappa shape index (κ3) is 3.13. The van der Waals surface area contributed by atoms with Crippen LogP contribution in [0, 0.1) is 17.0 Å². The van der Waals surface area contributed by atoms with Gasteiger partial charge >= 0.3 is 0 Å². The molecule has 1 atom stereocenters. The number of rotatable bonds is 4. The molecule has 94 valence electrons. The van der Waals surface area contributed by atoms with E-state index in [4.69, 9.17) is 0 Å². The first-order valence-electron chi connectivity index (χ1n) is 5.31. The molecule has 1 aromatic heterocycles. The normalized spacial score (nSPS) is 13.2. The highest BCUT2D eigenvalue weighted by Gasteiger charge is 2.25. The van der Waals surface area contributed by atoms with Crippen molar-refractivity contribution in [2.75, 3.05) is 5.32 Å². The Kier molecular flexibility index (Phi) is 3.67. The van der Waals surface area contributed by atoms with E-state index in [0.717, 1.165) is 0 Å². The Bertz CT molecular complexity index is 430. The van der Waals surface area contributed by atoms with Gasteiger partial charge in [-0.2, -0.15) is 0 Å². The number of nitro groups is 1. The second-order valence-corrected chi connectivity index (χ2v) is 4.64. The highest BCUT2D eigenvalue weighted by molar-refractivity contribution is 5.50. The zero-order valence-electron chi connectivity index (χ0n) is 10.4. The molecule has 0 aliphatic rings. The number of aliphatic hydroxyl groups is 1. The van der Waals surface area contributed by atoms with Crippen LogP contribution in [0.1, 0.15) is 26.3 Å². The molecule has 0 radical (unpaired) electrons. The van der Waals surface area contributed by atoms with Gasteiger partial charge in [0.05, 0.1) is 22.6 Å². The molecule has 1 heterocycles. The zero-order valence-corrected chi connectivity index (χ0v) is 10.4. The lowest BCUT2D eigenvalue weighted by Crippen LogP contribution is -2.42. The molecule has 0 spiro atoms. The van der Waals surface area contributed by atoms with Gasteiger partial charge in [-0.1, -0.05) is 0 Å². The fourth-order valence-electron chi connectivity index (χ4n) is 1.21. The van der Waals surface area contributed by atoms with Crippen LogP contribution in [-0.2, 0) is 0 Å². The van der Waals surface area contributed by atoms with E-state index in [1.165, 1.54) is 12.3 Å². The van der Waals surface area contributed by atoms with Crippen LogP contribution in [0.15, 0.2) is 12.3 Å². The van der Waals surface area contributed by atoms with Crippen LogP contribution in [0.25, 0.3) is 0 Å². The molecule has 2 N–H and O–H groups in total. The van der Waals surface area contributed by atoms with Crippen LogP contribution in [0.3, 0.4) is 0 Å². The third-order valence-corrected chi connectivity index (χ3v) is 2.77. The Balaban J connectivity index is 3.01. The summed E-state index contributed by atoms with van der Waals surface area (Å²) in [5.41, 5.74) is -0.0739. The quantitative estimate of drug-likeness (QED) is 0.618. The lowest BCUT2D eigenvalue weighted by Gasteiger charge is -2.29. The number of aryl methyl sites for hydroxylation is 1. The van der Waals surface area contributed by atoms with Gasteiger partial charge in [0.1, 0.15) is 5.82 Å². The maximum atomic E-state index is 10.8. The second-order valence-electron chi connectivity index (χ2n) is 4.64. The smallest absolute Gasteiger partial charge is 0.277 e. The molecule has 0 amide bonds. The number of aliphatic hydroxyl groups excluding tert-OH is 1. The lowest BCUT2D eigenvalue weighted by atomic mass is 9.99. The number of nitrogens with one attached hydrogen (secondary N) is 1. The van der Waals surface area contributed by atoms with Crippen molar-refractivity contribution in [3.63, 3.8) is 0 Å². The fraction of sp³-hybridized carbons (Fsp3) is 0.545. The van der Waals surface area contributed by atoms with Gasteiger partial charge in [-0.05, 0) is 27.7 Å². The maximum Gasteiger partial charge on any atom is 0.277 e. The summed E-state index contributed by atoms with van der Waals surface area (Å²) in [5, 5.41) is 23.3. The van der Waals surface area contributed by atoms with Gasteiger partial charge in [0, 0.05) is 11.8 Å². The predicted molar refractivity (Wildman–Crippen MR) is 65.0 cm³/mol. The molecule has 6 heteroatoms. The average Bonchev–Trinajstić information content (AvgIpc) is 2.20. The van der Waals surface area contributed by atoms with Crippen molar-refractivity contribution in [1.82, 2.24) is 4.98 Å². The van der Waals surface area contributed by atoms with Gasteiger partial charge in [0.15, 0.2) is 0 Å². The molecule has 1 rings (SSSR count). The monoisotopic (exact) mass is 239 g/mol. The molecule has 6 nitrogen and oxygen atoms in total. The standard InChI is InChI=1S/C11H17N3O3/c1-7-6-12-10(5-9(7)14(16)17)13-11(3,4)8(2)15/h5-6,8,15H,1-4H3,(H,12,13). The summed E-state index contributed by atoms with van der Waals surface area (Å²) in [6, 6.07) is 1.37. The van der Waals surface area contributed by atoms with Crippen molar-refractivity contribution < 1.29 is 10.0 Å². The van der Waals surface area contributed by atoms with Gasteiger partial charge in [0.2, 0.25) is 0 Å². The van der Waals surface area contributed by atoms with E-state index in [1.807, 2.05) is 0 Å². The Hall–Kier alpha value is -1.69. The summed E-state index contributed by atoms with van der Waals surface area (Å²) in [5.74, 6) is 0.383. The van der Waals surface area contributed by atoms with E-state index in [2.05, 4.69) is 10.3 Å². The minimum Gasteiger partial charge on any atom is -0.391 e. The van der Waals surface area contributed by atoms with E-state index in [-0.39, 0.29) is 5.69 Å². The number of pyridine rings is 1. The molecule has 17 heavy (non-hydrogen) atoms. The molecule has 1 aromatic rings. The van der Waals surface area contributed by atoms with Gasteiger partial charge < -0.3 is 10.4 Å². The first-order chi connectivity index (χ1) is 7.74. The Morgan fingerprint density at radius 1 is 1.59 bits per heavy atom. The van der Waals surface area contributed by atoms with Crippen LogP contribution in [-0.4, -0.2) is 26.7 Å². The average molecular weight is 239 g/mol. The summed E-state index contributed by atoms with van der Waals surface area (Å²) >= 11 is 0. The SMILES string of the molecule is Cc1cnc(NC(C)(C)C(C)O)cc1[N+](=O)[O-]. The summed E-state index contributed by atoms with van der Waals surface area (Å²) < 4.78 is 0. The van der Waals surface area contributed by atoms with Crippen LogP contribution < -0.4 is 5.32 Å². The molecule has 0 aliphatic carbocycles. The second kappa shape index (κ2) is 4.67. The van der Waals surface area contributed by atoms with Gasteiger partial charge in [0.25, 0.3) is 5.69 Å². The van der Waals surface area contributed by atoms with E-state index in [9.17, 15) is 15.2 Å². The van der Waals surface area contributed by atoms with Crippen molar-refractivity contribution in [3.8, 4) is 0 Å². The Morgan fingerprint density at radius 3 is 2.65 bits per heavy atom. The van der Waals surface area contributed by atoms with Crippen LogP contribution in [0.2, 0.25) is 0 Å². The van der Waals surface area contributed by atoms with Gasteiger partial charge in [-0.3, -0.25) is 10.1 Å². The highest BCUT2D eigenvalue weighted by Crippen LogP contribution is 2.23. The van der Waals surface area contributed by atoms with Crippen molar-refractivity contribution in [2.24, 2.45) is 0 Å². The van der Waals surface area contributed by atoms with E-state index in [0.29, 0.717) is 11.4 Å². The molecular weight excluding hydrogens is 222 g/mol. The number of nitrogens with zero attached hydrogens (tertiary/aromatic N) is 2. The van der Waals surface area contributed by atoms with Crippen molar-refractivity contribution in [3.05, 3.63) is 27.9 Å².